The van der Waals surface area contributed by atoms with Gasteiger partial charge in [-0.05, 0) is 38.8 Å². The van der Waals surface area contributed by atoms with Crippen LogP contribution < -0.4 is 11.1 Å². The molecular weight excluding hydrogens is 310 g/mol. The maximum Gasteiger partial charge on any atom is 0.253 e. The molecule has 1 heterocycles. The number of halogens is 2. The summed E-state index contributed by atoms with van der Waals surface area (Å²) >= 11 is 0. The summed E-state index contributed by atoms with van der Waals surface area (Å²) in [5, 5.41) is 3.90. The van der Waals surface area contributed by atoms with Gasteiger partial charge in [0.15, 0.2) is 0 Å². The van der Waals surface area contributed by atoms with Crippen LogP contribution in [0.3, 0.4) is 0 Å². The number of rotatable bonds is 3. The van der Waals surface area contributed by atoms with E-state index in [1.807, 2.05) is 25.1 Å². The molecule has 132 valence electrons. The molecule has 3 N–H and O–H groups in total. The molecule has 4 nitrogen and oxygen atoms in total. The number of hydrogen-bond acceptors (Lipinski definition) is 4. The number of anilines is 1. The summed E-state index contributed by atoms with van der Waals surface area (Å²) in [6.45, 7) is 3.57. The first-order valence-corrected chi connectivity index (χ1v) is 8.48. The quantitative estimate of drug-likeness (QED) is 0.886. The number of aromatic nitrogens is 2. The van der Waals surface area contributed by atoms with Gasteiger partial charge in [-0.25, -0.2) is 18.7 Å². The van der Waals surface area contributed by atoms with Crippen LogP contribution in [-0.4, -0.2) is 28.5 Å². The number of nitrogen functional groups attached to an aromatic ring is 1. The van der Waals surface area contributed by atoms with Gasteiger partial charge in [0.05, 0.1) is 11.6 Å². The fraction of sp³-hybridized carbons (Fsp3) is 0.556. The van der Waals surface area contributed by atoms with Gasteiger partial charge in [-0.1, -0.05) is 30.9 Å². The molecule has 0 saturated heterocycles. The lowest BCUT2D eigenvalue weighted by Crippen LogP contribution is -2.41. The molecule has 1 fully saturated rings. The molecule has 1 aromatic carbocycles. The smallest absolute Gasteiger partial charge is 0.253 e. The summed E-state index contributed by atoms with van der Waals surface area (Å²) in [5.41, 5.74) is 7.74. The molecule has 0 bridgehead atoms. The van der Waals surface area contributed by atoms with Crippen molar-refractivity contribution in [1.29, 1.82) is 0 Å². The molecule has 1 aromatic heterocycles. The molecule has 0 aliphatic heterocycles. The van der Waals surface area contributed by atoms with Crippen molar-refractivity contribution in [2.45, 2.75) is 64.5 Å². The standard InChI is InChI=1S/C9H17F2N.C9H9N3/c1-7(9(10)11)12-8-5-3-2-4-6-8;1-6-2-3-8-7(4-6)9(10)12-5-11-8/h7-9,12H,2-6H2,1H3;2-5H,1H3,(H2,10,11,12). The maximum atomic E-state index is 12.1. The Morgan fingerprint density at radius 1 is 1.17 bits per heavy atom. The third-order valence-corrected chi connectivity index (χ3v) is 4.30. The highest BCUT2D eigenvalue weighted by atomic mass is 19.3. The van der Waals surface area contributed by atoms with Gasteiger partial charge in [0.1, 0.15) is 12.1 Å². The van der Waals surface area contributed by atoms with E-state index in [1.165, 1.54) is 31.2 Å². The van der Waals surface area contributed by atoms with Gasteiger partial charge in [-0.3, -0.25) is 0 Å². The van der Waals surface area contributed by atoms with Crippen LogP contribution in [-0.2, 0) is 0 Å². The van der Waals surface area contributed by atoms with Crippen LogP contribution in [0.5, 0.6) is 0 Å². The minimum absolute atomic E-state index is 0.336. The van der Waals surface area contributed by atoms with Crippen LogP contribution in [0.15, 0.2) is 24.5 Å². The van der Waals surface area contributed by atoms with E-state index in [1.54, 1.807) is 6.92 Å². The Labute approximate surface area is 141 Å². The SMILES string of the molecule is CC(NC1CCCCC1)C(F)F.Cc1ccc2ncnc(N)c2c1. The molecule has 1 saturated carbocycles. The monoisotopic (exact) mass is 336 g/mol. The van der Waals surface area contributed by atoms with Crippen LogP contribution in [0.25, 0.3) is 10.9 Å². The maximum absolute atomic E-state index is 12.1. The van der Waals surface area contributed by atoms with Gasteiger partial charge >= 0.3 is 0 Å². The molecule has 0 amide bonds. The van der Waals surface area contributed by atoms with Gasteiger partial charge in [0, 0.05) is 11.4 Å². The van der Waals surface area contributed by atoms with E-state index < -0.39 is 12.5 Å². The summed E-state index contributed by atoms with van der Waals surface area (Å²) in [6, 6.07) is 5.64. The van der Waals surface area contributed by atoms with Gasteiger partial charge in [-0.15, -0.1) is 0 Å². The van der Waals surface area contributed by atoms with Gasteiger partial charge in [-0.2, -0.15) is 0 Å². The Hall–Kier alpha value is -1.82. The van der Waals surface area contributed by atoms with Crippen LogP contribution >= 0.6 is 0 Å². The predicted molar refractivity (Wildman–Crippen MR) is 94.2 cm³/mol. The molecule has 1 atom stereocenters. The Bertz CT molecular complexity index is 642. The highest BCUT2D eigenvalue weighted by molar-refractivity contribution is 5.88. The highest BCUT2D eigenvalue weighted by Crippen LogP contribution is 2.19. The zero-order valence-corrected chi connectivity index (χ0v) is 14.3. The van der Waals surface area contributed by atoms with Crippen molar-refractivity contribution in [3.8, 4) is 0 Å². The van der Waals surface area contributed by atoms with E-state index in [-0.39, 0.29) is 0 Å². The van der Waals surface area contributed by atoms with E-state index in [0.717, 1.165) is 23.7 Å². The fourth-order valence-electron chi connectivity index (χ4n) is 2.90. The summed E-state index contributed by atoms with van der Waals surface area (Å²) in [5.74, 6) is 0.545. The zero-order chi connectivity index (χ0) is 17.5. The Morgan fingerprint density at radius 3 is 2.54 bits per heavy atom. The molecule has 6 heteroatoms. The average Bonchev–Trinajstić information content (AvgIpc) is 2.57. The molecule has 1 aliphatic rings. The molecule has 24 heavy (non-hydrogen) atoms. The molecule has 2 aromatic rings. The number of hydrogen-bond donors (Lipinski definition) is 2. The number of nitrogens with zero attached hydrogens (tertiary/aromatic N) is 2. The minimum Gasteiger partial charge on any atom is -0.383 e. The lowest BCUT2D eigenvalue weighted by molar-refractivity contribution is 0.0963. The van der Waals surface area contributed by atoms with Crippen molar-refractivity contribution in [1.82, 2.24) is 15.3 Å². The van der Waals surface area contributed by atoms with Crippen LogP contribution in [0.4, 0.5) is 14.6 Å². The van der Waals surface area contributed by atoms with Crippen molar-refractivity contribution in [3.05, 3.63) is 30.1 Å². The van der Waals surface area contributed by atoms with Crippen molar-refractivity contribution in [3.63, 3.8) is 0 Å². The number of aryl methyl sites for hydroxylation is 1. The lowest BCUT2D eigenvalue weighted by atomic mass is 9.95. The number of alkyl halides is 2. The molecule has 0 radical (unpaired) electrons. The van der Waals surface area contributed by atoms with Crippen molar-refractivity contribution in [2.24, 2.45) is 0 Å². The second-order valence-corrected chi connectivity index (χ2v) is 6.40. The van der Waals surface area contributed by atoms with E-state index >= 15 is 0 Å². The number of fused-ring (bicyclic) bond motifs is 1. The van der Waals surface area contributed by atoms with Crippen LogP contribution in [0.1, 0.15) is 44.6 Å². The van der Waals surface area contributed by atoms with Gasteiger partial charge in [0.2, 0.25) is 0 Å². The highest BCUT2D eigenvalue weighted by Gasteiger charge is 2.20. The van der Waals surface area contributed by atoms with E-state index in [9.17, 15) is 8.78 Å². The Balaban J connectivity index is 0.000000174. The van der Waals surface area contributed by atoms with Gasteiger partial charge < -0.3 is 11.1 Å². The third kappa shape index (κ3) is 5.37. The summed E-state index contributed by atoms with van der Waals surface area (Å²) < 4.78 is 24.2. The first-order chi connectivity index (χ1) is 11.5. The van der Waals surface area contributed by atoms with E-state index in [0.29, 0.717) is 11.9 Å². The Morgan fingerprint density at radius 2 is 1.88 bits per heavy atom. The molecule has 1 aliphatic carbocycles. The molecule has 1 unspecified atom stereocenters. The second kappa shape index (κ2) is 8.87. The molecular formula is C18H26F2N4. The lowest BCUT2D eigenvalue weighted by Gasteiger charge is -2.26. The van der Waals surface area contributed by atoms with Crippen molar-refractivity contribution in [2.75, 3.05) is 5.73 Å². The number of nitrogens with two attached hydrogens (primary N) is 1. The Kier molecular flexibility index (Phi) is 6.85. The predicted octanol–water partition coefficient (Wildman–Crippen LogP) is 4.08. The van der Waals surface area contributed by atoms with Crippen LogP contribution in [0, 0.1) is 6.92 Å². The first-order valence-electron chi connectivity index (χ1n) is 8.48. The normalized spacial score (nSPS) is 16.7. The van der Waals surface area contributed by atoms with Crippen LogP contribution in [0.2, 0.25) is 0 Å². The fourth-order valence-corrected chi connectivity index (χ4v) is 2.90. The average molecular weight is 336 g/mol. The first kappa shape index (κ1) is 18.5. The van der Waals surface area contributed by atoms with Crippen molar-refractivity contribution < 1.29 is 8.78 Å². The number of nitrogens with one attached hydrogen (secondary N) is 1. The summed E-state index contributed by atoms with van der Waals surface area (Å²) in [6.07, 6.45) is 5.02. The molecule has 3 rings (SSSR count). The number of benzene rings is 1. The van der Waals surface area contributed by atoms with Gasteiger partial charge in [0.25, 0.3) is 6.43 Å². The molecule has 0 spiro atoms. The van der Waals surface area contributed by atoms with Crippen molar-refractivity contribution >= 4 is 16.7 Å². The topological polar surface area (TPSA) is 63.8 Å². The van der Waals surface area contributed by atoms with E-state index in [2.05, 4.69) is 15.3 Å². The summed E-state index contributed by atoms with van der Waals surface area (Å²) in [7, 11) is 0. The minimum atomic E-state index is -2.23. The third-order valence-electron chi connectivity index (χ3n) is 4.30. The second-order valence-electron chi connectivity index (χ2n) is 6.40. The summed E-state index contributed by atoms with van der Waals surface area (Å²) in [4.78, 5) is 8.01. The zero-order valence-electron chi connectivity index (χ0n) is 14.3. The van der Waals surface area contributed by atoms with E-state index in [4.69, 9.17) is 5.73 Å². The largest absolute Gasteiger partial charge is 0.383 e.